The Hall–Kier alpha value is -0.120. The van der Waals surface area contributed by atoms with Crippen molar-refractivity contribution in [2.75, 3.05) is 45.8 Å². The van der Waals surface area contributed by atoms with Gasteiger partial charge in [-0.2, -0.15) is 0 Å². The minimum atomic E-state index is -0.130. The van der Waals surface area contributed by atoms with Crippen molar-refractivity contribution in [2.45, 2.75) is 13.0 Å². The molecule has 0 saturated carbocycles. The maximum absolute atomic E-state index is 9.39. The lowest BCUT2D eigenvalue weighted by molar-refractivity contribution is -0.943. The van der Waals surface area contributed by atoms with Gasteiger partial charge in [-0.15, -0.1) is 0 Å². The summed E-state index contributed by atoms with van der Waals surface area (Å²) in [7, 11) is 0. The largest absolute Gasteiger partial charge is 0.388 e. The van der Waals surface area contributed by atoms with E-state index in [2.05, 4.69) is 4.90 Å². The molecule has 3 aliphatic rings. The Balaban J connectivity index is 1.99. The van der Waals surface area contributed by atoms with Crippen molar-refractivity contribution in [1.82, 2.24) is 4.90 Å². The van der Waals surface area contributed by atoms with E-state index >= 15 is 0 Å². The van der Waals surface area contributed by atoms with Crippen LogP contribution in [-0.2, 0) is 0 Å². The molecule has 0 aromatic heterocycles. The summed E-state index contributed by atoms with van der Waals surface area (Å²) in [5.41, 5.74) is 0. The molecule has 12 heavy (non-hydrogen) atoms. The smallest absolute Gasteiger partial charge is 0.105 e. The molecule has 0 amide bonds. The maximum Gasteiger partial charge on any atom is 0.105 e. The predicted molar refractivity (Wildman–Crippen MR) is 47.8 cm³/mol. The number of aliphatic hydroxyl groups excluding tert-OH is 1. The summed E-state index contributed by atoms with van der Waals surface area (Å²) in [6, 6.07) is 0. The Morgan fingerprint density at radius 1 is 1.25 bits per heavy atom. The third-order valence-corrected chi connectivity index (χ3v) is 3.32. The van der Waals surface area contributed by atoms with Crippen LogP contribution in [0.25, 0.3) is 0 Å². The molecule has 2 bridgehead atoms. The lowest BCUT2D eigenvalue weighted by atomic mass is 10.1. The molecular formula is C9H19N2O+. The average molecular weight is 171 g/mol. The number of hydrogen-bond donors (Lipinski definition) is 1. The second kappa shape index (κ2) is 2.98. The Labute approximate surface area is 74.2 Å². The first kappa shape index (κ1) is 8.48. The Morgan fingerprint density at radius 2 is 1.75 bits per heavy atom. The third kappa shape index (κ3) is 1.49. The topological polar surface area (TPSA) is 23.5 Å². The van der Waals surface area contributed by atoms with Crippen molar-refractivity contribution in [1.29, 1.82) is 0 Å². The molecule has 3 heterocycles. The molecule has 70 valence electrons. The number of piperazine rings is 3. The minimum absolute atomic E-state index is 0.130. The van der Waals surface area contributed by atoms with Crippen LogP contribution in [0, 0.1) is 0 Å². The van der Waals surface area contributed by atoms with Gasteiger partial charge < -0.3 is 9.59 Å². The normalized spacial score (nSPS) is 43.0. The molecule has 3 nitrogen and oxygen atoms in total. The summed E-state index contributed by atoms with van der Waals surface area (Å²) in [4.78, 5) is 2.53. The highest BCUT2D eigenvalue weighted by molar-refractivity contribution is 4.71. The van der Waals surface area contributed by atoms with E-state index in [0.29, 0.717) is 0 Å². The predicted octanol–water partition coefficient (Wildman–Crippen LogP) is -0.487. The molecule has 3 heteroatoms. The first-order valence-corrected chi connectivity index (χ1v) is 4.96. The number of aliphatic hydroxyl groups is 1. The molecule has 0 aromatic rings. The van der Waals surface area contributed by atoms with Crippen molar-refractivity contribution in [3.63, 3.8) is 0 Å². The summed E-state index contributed by atoms with van der Waals surface area (Å²) < 4.78 is 1.17. The molecule has 0 aromatic carbocycles. The molecule has 0 aliphatic carbocycles. The second-order valence-electron chi connectivity index (χ2n) is 4.39. The van der Waals surface area contributed by atoms with Crippen LogP contribution in [0.2, 0.25) is 0 Å². The van der Waals surface area contributed by atoms with Gasteiger partial charge in [0.05, 0.1) is 19.6 Å². The number of nitrogens with zero attached hydrogens (tertiary/aromatic N) is 2. The third-order valence-electron chi connectivity index (χ3n) is 3.32. The maximum atomic E-state index is 9.39. The Morgan fingerprint density at radius 3 is 2.17 bits per heavy atom. The number of fused-ring (bicyclic) bond motifs is 3. The first-order chi connectivity index (χ1) is 5.70. The van der Waals surface area contributed by atoms with E-state index < -0.39 is 0 Å². The summed E-state index contributed by atoms with van der Waals surface area (Å²) in [5, 5.41) is 9.39. The zero-order valence-corrected chi connectivity index (χ0v) is 7.87. The fraction of sp³-hybridized carbons (Fsp3) is 1.00. The number of rotatable bonds is 2. The fourth-order valence-electron chi connectivity index (χ4n) is 2.57. The van der Waals surface area contributed by atoms with Crippen LogP contribution in [0.15, 0.2) is 0 Å². The Kier molecular flexibility index (Phi) is 2.10. The van der Waals surface area contributed by atoms with Crippen molar-refractivity contribution >= 4 is 0 Å². The van der Waals surface area contributed by atoms with Crippen molar-refractivity contribution < 1.29 is 9.59 Å². The van der Waals surface area contributed by atoms with Crippen LogP contribution in [0.5, 0.6) is 0 Å². The van der Waals surface area contributed by atoms with Gasteiger partial charge in [0, 0.05) is 19.6 Å². The fourth-order valence-corrected chi connectivity index (χ4v) is 2.57. The van der Waals surface area contributed by atoms with E-state index in [1.807, 2.05) is 6.92 Å². The van der Waals surface area contributed by atoms with Gasteiger partial charge in [-0.05, 0) is 6.92 Å². The summed E-state index contributed by atoms with van der Waals surface area (Å²) in [5.74, 6) is 0. The molecule has 3 aliphatic heterocycles. The molecule has 1 atom stereocenters. The van der Waals surface area contributed by atoms with E-state index in [9.17, 15) is 5.11 Å². The highest BCUT2D eigenvalue weighted by Crippen LogP contribution is 2.19. The van der Waals surface area contributed by atoms with Crippen LogP contribution in [0.4, 0.5) is 0 Å². The van der Waals surface area contributed by atoms with Crippen LogP contribution in [0.1, 0.15) is 6.92 Å². The van der Waals surface area contributed by atoms with Crippen molar-refractivity contribution in [2.24, 2.45) is 0 Å². The summed E-state index contributed by atoms with van der Waals surface area (Å²) in [6.07, 6.45) is -0.130. The average Bonchev–Trinajstić information content (AvgIpc) is 2.05. The molecule has 3 rings (SSSR count). The van der Waals surface area contributed by atoms with Crippen LogP contribution < -0.4 is 0 Å². The lowest BCUT2D eigenvalue weighted by Crippen LogP contribution is -2.68. The minimum Gasteiger partial charge on any atom is -0.388 e. The second-order valence-corrected chi connectivity index (χ2v) is 4.39. The monoisotopic (exact) mass is 171 g/mol. The molecule has 1 N–H and O–H groups in total. The molecule has 1 unspecified atom stereocenters. The van der Waals surface area contributed by atoms with Gasteiger partial charge in [0.25, 0.3) is 0 Å². The quantitative estimate of drug-likeness (QED) is 0.567. The SMILES string of the molecule is CC(O)C[N+]12CCN(CC1)CC2. The van der Waals surface area contributed by atoms with Gasteiger partial charge >= 0.3 is 0 Å². The van der Waals surface area contributed by atoms with Gasteiger partial charge in [-0.1, -0.05) is 0 Å². The van der Waals surface area contributed by atoms with E-state index in [-0.39, 0.29) is 6.10 Å². The first-order valence-electron chi connectivity index (χ1n) is 4.96. The van der Waals surface area contributed by atoms with Gasteiger partial charge in [0.1, 0.15) is 12.6 Å². The summed E-state index contributed by atoms with van der Waals surface area (Å²) >= 11 is 0. The zero-order valence-electron chi connectivity index (χ0n) is 7.87. The van der Waals surface area contributed by atoms with E-state index in [1.54, 1.807) is 0 Å². The van der Waals surface area contributed by atoms with Gasteiger partial charge in [0.15, 0.2) is 0 Å². The van der Waals surface area contributed by atoms with Crippen molar-refractivity contribution in [3.05, 3.63) is 0 Å². The highest BCUT2D eigenvalue weighted by atomic mass is 16.3. The highest BCUT2D eigenvalue weighted by Gasteiger charge is 2.38. The Bertz CT molecular complexity index is 148. The molecular weight excluding hydrogens is 152 g/mol. The van der Waals surface area contributed by atoms with Crippen LogP contribution in [-0.4, -0.2) is 66.4 Å². The molecule has 3 saturated heterocycles. The summed E-state index contributed by atoms with van der Waals surface area (Å²) in [6.45, 7) is 10.4. The van der Waals surface area contributed by atoms with Gasteiger partial charge in [0.2, 0.25) is 0 Å². The van der Waals surface area contributed by atoms with Gasteiger partial charge in [-0.3, -0.25) is 4.90 Å². The van der Waals surface area contributed by atoms with E-state index in [1.165, 1.54) is 43.8 Å². The standard InChI is InChI=1S/C9H19N2O/c1-9(12)8-11-5-2-10(3-6-11)4-7-11/h9,12H,2-8H2,1H3/q+1. The van der Waals surface area contributed by atoms with Crippen LogP contribution in [0.3, 0.4) is 0 Å². The number of quaternary nitrogens is 1. The van der Waals surface area contributed by atoms with E-state index in [4.69, 9.17) is 0 Å². The lowest BCUT2D eigenvalue weighted by Gasteiger charge is -2.51. The molecule has 0 radical (unpaired) electrons. The zero-order chi connectivity index (χ0) is 8.60. The van der Waals surface area contributed by atoms with Crippen molar-refractivity contribution in [3.8, 4) is 0 Å². The molecule has 3 fully saturated rings. The van der Waals surface area contributed by atoms with Gasteiger partial charge in [-0.25, -0.2) is 0 Å². The molecule has 0 spiro atoms. The van der Waals surface area contributed by atoms with E-state index in [0.717, 1.165) is 6.54 Å². The number of hydrogen-bond acceptors (Lipinski definition) is 2. The van der Waals surface area contributed by atoms with Crippen LogP contribution >= 0.6 is 0 Å².